The zero-order valence-electron chi connectivity index (χ0n) is 20.4. The number of oxazole rings is 1. The molecule has 1 saturated carbocycles. The number of carboxylic acid groups (broad SMARTS) is 1. The van der Waals surface area contributed by atoms with Crippen molar-refractivity contribution in [3.8, 4) is 11.5 Å². The number of hydrogen-bond donors (Lipinski definition) is 1. The van der Waals surface area contributed by atoms with Crippen LogP contribution in [0.1, 0.15) is 69.7 Å². The fourth-order valence-electron chi connectivity index (χ4n) is 4.69. The molecule has 3 aromatic rings. The molecule has 1 aliphatic rings. The molecule has 6 nitrogen and oxygen atoms in total. The van der Waals surface area contributed by atoms with E-state index in [4.69, 9.17) is 18.9 Å². The minimum Gasteiger partial charge on any atom is -0.478 e. The van der Waals surface area contributed by atoms with Gasteiger partial charge in [-0.2, -0.15) is 0 Å². The lowest BCUT2D eigenvalue weighted by atomic mass is 9.94. The van der Waals surface area contributed by atoms with Crippen molar-refractivity contribution in [1.82, 2.24) is 4.98 Å². The number of rotatable bonds is 8. The maximum atomic E-state index is 11.6. The molecule has 1 N–H and O–H groups in total. The van der Waals surface area contributed by atoms with E-state index in [-0.39, 0.29) is 12.2 Å². The van der Waals surface area contributed by atoms with Crippen LogP contribution in [0.4, 0.5) is 0 Å². The fraction of sp³-hybridized carbons (Fsp3) is 0.429. The normalized spacial score (nSPS) is 18.2. The number of aryl methyl sites for hydroxylation is 4. The lowest BCUT2D eigenvalue weighted by Crippen LogP contribution is -2.28. The Balaban J connectivity index is 1.34. The zero-order chi connectivity index (χ0) is 24.2. The average molecular weight is 464 g/mol. The molecule has 4 rings (SSSR count). The van der Waals surface area contributed by atoms with E-state index >= 15 is 0 Å². The number of carboxylic acids is 1. The van der Waals surface area contributed by atoms with Crippen molar-refractivity contribution in [2.75, 3.05) is 0 Å². The van der Waals surface area contributed by atoms with Crippen molar-refractivity contribution in [3.63, 3.8) is 0 Å². The summed E-state index contributed by atoms with van der Waals surface area (Å²) in [6.45, 7) is 8.57. The second-order valence-electron chi connectivity index (χ2n) is 9.29. The van der Waals surface area contributed by atoms with Gasteiger partial charge in [0.05, 0.1) is 31.0 Å². The van der Waals surface area contributed by atoms with Crippen LogP contribution in [0.3, 0.4) is 0 Å². The van der Waals surface area contributed by atoms with Crippen molar-refractivity contribution in [2.45, 2.75) is 78.8 Å². The molecule has 1 fully saturated rings. The van der Waals surface area contributed by atoms with Crippen LogP contribution in [0.5, 0.6) is 0 Å². The molecule has 0 bridgehead atoms. The molecule has 2 aromatic carbocycles. The topological polar surface area (TPSA) is 81.8 Å². The Labute approximate surface area is 200 Å². The van der Waals surface area contributed by atoms with Crippen molar-refractivity contribution >= 4 is 5.97 Å². The van der Waals surface area contributed by atoms with Gasteiger partial charge in [-0.15, -0.1) is 0 Å². The Morgan fingerprint density at radius 3 is 2.47 bits per heavy atom. The molecule has 0 saturated heterocycles. The molecule has 0 amide bonds. The highest BCUT2D eigenvalue weighted by atomic mass is 16.5. The molecular weight excluding hydrogens is 430 g/mol. The van der Waals surface area contributed by atoms with Crippen molar-refractivity contribution in [1.29, 1.82) is 0 Å². The van der Waals surface area contributed by atoms with Crippen LogP contribution in [-0.2, 0) is 22.7 Å². The van der Waals surface area contributed by atoms with Crippen LogP contribution < -0.4 is 0 Å². The summed E-state index contributed by atoms with van der Waals surface area (Å²) < 4.78 is 18.3. The first kappa shape index (κ1) is 24.2. The van der Waals surface area contributed by atoms with E-state index in [1.54, 1.807) is 0 Å². The third-order valence-electron chi connectivity index (χ3n) is 6.59. The van der Waals surface area contributed by atoms with Gasteiger partial charge in [-0.1, -0.05) is 35.9 Å². The van der Waals surface area contributed by atoms with Crippen molar-refractivity contribution < 1.29 is 23.8 Å². The van der Waals surface area contributed by atoms with E-state index in [0.29, 0.717) is 30.2 Å². The number of carbonyl (C=O) groups is 1. The van der Waals surface area contributed by atoms with E-state index < -0.39 is 5.97 Å². The van der Waals surface area contributed by atoms with Crippen molar-refractivity contribution in [2.24, 2.45) is 0 Å². The van der Waals surface area contributed by atoms with Gasteiger partial charge in [0.2, 0.25) is 5.89 Å². The molecule has 6 heteroatoms. The average Bonchev–Trinajstić information content (AvgIpc) is 3.16. The first-order chi connectivity index (χ1) is 16.3. The summed E-state index contributed by atoms with van der Waals surface area (Å²) in [5.74, 6) is 0.495. The molecule has 34 heavy (non-hydrogen) atoms. The van der Waals surface area contributed by atoms with Crippen LogP contribution >= 0.6 is 0 Å². The molecule has 180 valence electrons. The fourth-order valence-corrected chi connectivity index (χ4v) is 4.69. The summed E-state index contributed by atoms with van der Waals surface area (Å²) in [7, 11) is 0. The third-order valence-corrected chi connectivity index (χ3v) is 6.59. The van der Waals surface area contributed by atoms with Crippen LogP contribution in [0, 0.1) is 27.7 Å². The van der Waals surface area contributed by atoms with Gasteiger partial charge in [0.25, 0.3) is 0 Å². The van der Waals surface area contributed by atoms with Crippen LogP contribution in [-0.4, -0.2) is 28.3 Å². The van der Waals surface area contributed by atoms with Crippen LogP contribution in [0.15, 0.2) is 40.8 Å². The van der Waals surface area contributed by atoms with Crippen LogP contribution in [0.2, 0.25) is 0 Å². The molecule has 1 aromatic heterocycles. The van der Waals surface area contributed by atoms with E-state index in [1.807, 2.05) is 38.1 Å². The lowest BCUT2D eigenvalue weighted by molar-refractivity contribution is -0.0564. The largest absolute Gasteiger partial charge is 0.478 e. The standard InChI is InChI=1S/C28H33NO5/c1-17-11-12-24(19(3)13-17)27-29-25(20(4)34-27)16-33-23-10-6-9-22(14-23)32-15-21-8-5-7-18(2)26(21)28(30)31/h5,7-8,11-13,22-23H,6,9-10,14-16H2,1-4H3,(H,30,31). The maximum Gasteiger partial charge on any atom is 0.336 e. The number of nitrogens with zero attached hydrogens (tertiary/aromatic N) is 1. The molecule has 1 heterocycles. The van der Waals surface area contributed by atoms with Gasteiger partial charge in [-0.25, -0.2) is 9.78 Å². The van der Waals surface area contributed by atoms with Gasteiger partial charge in [0.15, 0.2) is 0 Å². The lowest BCUT2D eigenvalue weighted by Gasteiger charge is -2.29. The quantitative estimate of drug-likeness (QED) is 0.421. The highest BCUT2D eigenvalue weighted by Gasteiger charge is 2.25. The predicted octanol–water partition coefficient (Wildman–Crippen LogP) is 6.32. The highest BCUT2D eigenvalue weighted by molar-refractivity contribution is 5.91. The second-order valence-corrected chi connectivity index (χ2v) is 9.29. The first-order valence-corrected chi connectivity index (χ1v) is 11.9. The number of benzene rings is 2. The second kappa shape index (κ2) is 10.5. The van der Waals surface area contributed by atoms with Gasteiger partial charge in [0, 0.05) is 5.56 Å². The number of aromatic carboxylic acids is 1. The van der Waals surface area contributed by atoms with E-state index in [9.17, 15) is 9.90 Å². The molecule has 0 spiro atoms. The Morgan fingerprint density at radius 2 is 1.76 bits per heavy atom. The summed E-state index contributed by atoms with van der Waals surface area (Å²) in [5, 5.41) is 9.54. The molecule has 0 radical (unpaired) electrons. The highest BCUT2D eigenvalue weighted by Crippen LogP contribution is 2.29. The molecule has 2 unspecified atom stereocenters. The van der Waals surface area contributed by atoms with Gasteiger partial charge >= 0.3 is 5.97 Å². The van der Waals surface area contributed by atoms with E-state index in [1.165, 1.54) is 5.56 Å². The summed E-state index contributed by atoms with van der Waals surface area (Å²) >= 11 is 0. The molecule has 1 aliphatic carbocycles. The summed E-state index contributed by atoms with van der Waals surface area (Å²) in [5.41, 5.74) is 5.98. The monoisotopic (exact) mass is 463 g/mol. The first-order valence-electron chi connectivity index (χ1n) is 11.9. The van der Waals surface area contributed by atoms with E-state index in [2.05, 4.69) is 26.0 Å². The molecule has 0 aliphatic heterocycles. The SMILES string of the molecule is Cc1ccc(-c2nc(COC3CCCC(OCc4cccc(C)c4C(=O)O)C3)c(C)o2)c(C)c1. The van der Waals surface area contributed by atoms with Gasteiger partial charge in [-0.3, -0.25) is 0 Å². The Kier molecular flexibility index (Phi) is 7.49. The van der Waals surface area contributed by atoms with Gasteiger partial charge in [0.1, 0.15) is 11.5 Å². The minimum absolute atomic E-state index is 0.0464. The van der Waals surface area contributed by atoms with Gasteiger partial charge < -0.3 is 19.0 Å². The third kappa shape index (κ3) is 5.57. The summed E-state index contributed by atoms with van der Waals surface area (Å²) in [6.07, 6.45) is 3.86. The Morgan fingerprint density at radius 1 is 1.03 bits per heavy atom. The predicted molar refractivity (Wildman–Crippen MR) is 130 cm³/mol. The zero-order valence-corrected chi connectivity index (χ0v) is 20.4. The smallest absolute Gasteiger partial charge is 0.336 e. The molecule has 2 atom stereocenters. The minimum atomic E-state index is -0.912. The molecular formula is C28H33NO5. The van der Waals surface area contributed by atoms with Gasteiger partial charge in [-0.05, 0) is 76.1 Å². The van der Waals surface area contributed by atoms with Crippen LogP contribution in [0.25, 0.3) is 11.5 Å². The number of hydrogen-bond acceptors (Lipinski definition) is 5. The number of ether oxygens (including phenoxy) is 2. The summed E-state index contributed by atoms with van der Waals surface area (Å²) in [6, 6.07) is 11.8. The van der Waals surface area contributed by atoms with Crippen molar-refractivity contribution in [3.05, 3.63) is 75.7 Å². The summed E-state index contributed by atoms with van der Waals surface area (Å²) in [4.78, 5) is 16.3. The maximum absolute atomic E-state index is 11.6. The Bertz CT molecular complexity index is 1170. The Hall–Kier alpha value is -2.96. The van der Waals surface area contributed by atoms with E-state index in [0.717, 1.165) is 53.8 Å². The number of aromatic nitrogens is 1.